The van der Waals surface area contributed by atoms with Crippen molar-refractivity contribution in [2.75, 3.05) is 13.1 Å². The first-order chi connectivity index (χ1) is 11.8. The Bertz CT molecular complexity index is 663. The highest BCUT2D eigenvalue weighted by Gasteiger charge is 2.26. The normalized spacial score (nSPS) is 17.0. The Morgan fingerprint density at radius 1 is 1.08 bits per heavy atom. The topological polar surface area (TPSA) is 46.3 Å². The van der Waals surface area contributed by atoms with Gasteiger partial charge in [-0.05, 0) is 49.1 Å². The number of piperidine rings is 1. The second-order valence-corrected chi connectivity index (χ2v) is 7.23. The first kappa shape index (κ1) is 19.8. The van der Waals surface area contributed by atoms with Gasteiger partial charge in [0, 0.05) is 35.3 Å². The second kappa shape index (κ2) is 9.85. The Morgan fingerprint density at radius 2 is 1.80 bits per heavy atom. The molecule has 0 radical (unpaired) electrons. The lowest BCUT2D eigenvalue weighted by atomic mass is 10.0. The molecule has 1 atom stereocenters. The fraction of sp³-hybridized carbons (Fsp3) is 0.350. The van der Waals surface area contributed by atoms with Crippen LogP contribution < -0.4 is 5.73 Å². The SMILES string of the molecule is Cl.NCC1CCCCN1C(=O)c1ccc(CSc2ccccc2)cc1. The zero-order valence-corrected chi connectivity index (χ0v) is 15.9. The number of hydrogen-bond donors (Lipinski definition) is 1. The molecule has 0 saturated carbocycles. The Balaban J connectivity index is 0.00000225. The molecule has 3 nitrogen and oxygen atoms in total. The van der Waals surface area contributed by atoms with E-state index >= 15 is 0 Å². The van der Waals surface area contributed by atoms with Crippen molar-refractivity contribution in [3.63, 3.8) is 0 Å². The lowest BCUT2D eigenvalue weighted by Gasteiger charge is -2.35. The molecule has 2 N–H and O–H groups in total. The molecule has 3 rings (SSSR count). The zero-order valence-electron chi connectivity index (χ0n) is 14.3. The fourth-order valence-corrected chi connectivity index (χ4v) is 3.98. The summed E-state index contributed by atoms with van der Waals surface area (Å²) in [5, 5.41) is 0. The summed E-state index contributed by atoms with van der Waals surface area (Å²) >= 11 is 1.81. The van der Waals surface area contributed by atoms with Crippen molar-refractivity contribution >= 4 is 30.1 Å². The molecule has 2 aromatic rings. The first-order valence-electron chi connectivity index (χ1n) is 8.56. The van der Waals surface area contributed by atoms with Gasteiger partial charge in [0.1, 0.15) is 0 Å². The van der Waals surface area contributed by atoms with Gasteiger partial charge in [0.15, 0.2) is 0 Å². The molecular weight excluding hydrogens is 352 g/mol. The number of carbonyl (C=O) groups is 1. The molecule has 1 fully saturated rings. The van der Waals surface area contributed by atoms with Gasteiger partial charge in [-0.25, -0.2) is 0 Å². The summed E-state index contributed by atoms with van der Waals surface area (Å²) in [7, 11) is 0. The van der Waals surface area contributed by atoms with Crippen molar-refractivity contribution in [1.29, 1.82) is 0 Å². The van der Waals surface area contributed by atoms with E-state index in [2.05, 4.69) is 36.4 Å². The summed E-state index contributed by atoms with van der Waals surface area (Å²) < 4.78 is 0. The number of carbonyl (C=O) groups excluding carboxylic acids is 1. The van der Waals surface area contributed by atoms with Gasteiger partial charge in [0.05, 0.1) is 0 Å². The molecule has 1 amide bonds. The van der Waals surface area contributed by atoms with Crippen LogP contribution >= 0.6 is 24.2 Å². The lowest BCUT2D eigenvalue weighted by molar-refractivity contribution is 0.0623. The molecule has 1 heterocycles. The number of benzene rings is 2. The van der Waals surface area contributed by atoms with Gasteiger partial charge in [-0.15, -0.1) is 24.2 Å². The van der Waals surface area contributed by atoms with E-state index in [0.717, 1.165) is 30.7 Å². The van der Waals surface area contributed by atoms with Crippen LogP contribution in [-0.2, 0) is 5.75 Å². The van der Waals surface area contributed by atoms with Crippen molar-refractivity contribution < 1.29 is 4.79 Å². The van der Waals surface area contributed by atoms with Crippen molar-refractivity contribution in [3.05, 3.63) is 65.7 Å². The third-order valence-corrected chi connectivity index (χ3v) is 5.59. The van der Waals surface area contributed by atoms with E-state index in [1.165, 1.54) is 16.9 Å². The van der Waals surface area contributed by atoms with E-state index in [1.807, 2.05) is 34.9 Å². The number of thioether (sulfide) groups is 1. The summed E-state index contributed by atoms with van der Waals surface area (Å²) in [4.78, 5) is 15.9. The molecule has 0 bridgehead atoms. The molecule has 25 heavy (non-hydrogen) atoms. The van der Waals surface area contributed by atoms with Crippen LogP contribution in [0.15, 0.2) is 59.5 Å². The number of amides is 1. The molecule has 1 saturated heterocycles. The predicted octanol–water partition coefficient (Wildman–Crippen LogP) is 4.35. The number of rotatable bonds is 5. The van der Waals surface area contributed by atoms with E-state index in [-0.39, 0.29) is 24.4 Å². The minimum atomic E-state index is 0. The van der Waals surface area contributed by atoms with Gasteiger partial charge < -0.3 is 10.6 Å². The molecule has 5 heteroatoms. The number of halogens is 1. The maximum Gasteiger partial charge on any atom is 0.254 e. The van der Waals surface area contributed by atoms with E-state index in [1.54, 1.807) is 0 Å². The van der Waals surface area contributed by atoms with Crippen molar-refractivity contribution in [1.82, 2.24) is 4.90 Å². The monoisotopic (exact) mass is 376 g/mol. The number of nitrogens with two attached hydrogens (primary N) is 1. The minimum Gasteiger partial charge on any atom is -0.334 e. The van der Waals surface area contributed by atoms with Crippen LogP contribution in [0.3, 0.4) is 0 Å². The van der Waals surface area contributed by atoms with Crippen LogP contribution in [0.2, 0.25) is 0 Å². The summed E-state index contributed by atoms with van der Waals surface area (Å²) in [6.45, 7) is 1.38. The summed E-state index contributed by atoms with van der Waals surface area (Å²) in [5.41, 5.74) is 7.83. The van der Waals surface area contributed by atoms with Crippen LogP contribution in [0.1, 0.15) is 35.2 Å². The van der Waals surface area contributed by atoms with Crippen LogP contribution in [-0.4, -0.2) is 29.9 Å². The Kier molecular flexibility index (Phi) is 7.82. The van der Waals surface area contributed by atoms with E-state index < -0.39 is 0 Å². The number of likely N-dealkylation sites (tertiary alicyclic amines) is 1. The first-order valence-corrected chi connectivity index (χ1v) is 9.54. The maximum absolute atomic E-state index is 12.7. The highest BCUT2D eigenvalue weighted by molar-refractivity contribution is 7.98. The number of nitrogens with zero attached hydrogens (tertiary/aromatic N) is 1. The summed E-state index contributed by atoms with van der Waals surface area (Å²) in [6.07, 6.45) is 3.27. The van der Waals surface area contributed by atoms with Crippen molar-refractivity contribution in [2.45, 2.75) is 36.0 Å². The lowest BCUT2D eigenvalue weighted by Crippen LogP contribution is -2.47. The molecule has 1 unspecified atom stereocenters. The molecule has 2 aromatic carbocycles. The third kappa shape index (κ3) is 5.24. The van der Waals surface area contributed by atoms with Gasteiger partial charge in [-0.3, -0.25) is 4.79 Å². The minimum absolute atomic E-state index is 0. The zero-order chi connectivity index (χ0) is 16.8. The van der Waals surface area contributed by atoms with Gasteiger partial charge in [-0.1, -0.05) is 30.3 Å². The average molecular weight is 377 g/mol. The third-order valence-electron chi connectivity index (χ3n) is 4.51. The van der Waals surface area contributed by atoms with Crippen LogP contribution in [0.25, 0.3) is 0 Å². The van der Waals surface area contributed by atoms with E-state index in [4.69, 9.17) is 5.73 Å². The smallest absolute Gasteiger partial charge is 0.254 e. The maximum atomic E-state index is 12.7. The van der Waals surface area contributed by atoms with Crippen LogP contribution in [0.4, 0.5) is 0 Å². The highest BCUT2D eigenvalue weighted by Crippen LogP contribution is 2.23. The molecule has 1 aliphatic heterocycles. The van der Waals surface area contributed by atoms with Crippen molar-refractivity contribution in [3.8, 4) is 0 Å². The summed E-state index contributed by atoms with van der Waals surface area (Å²) in [6, 6.07) is 18.6. The standard InChI is InChI=1S/C20H24N2OS.ClH/c21-14-18-6-4-5-13-22(18)20(23)17-11-9-16(10-12-17)15-24-19-7-2-1-3-8-19;/h1-3,7-12,18H,4-6,13-15,21H2;1H. The van der Waals surface area contributed by atoms with Crippen molar-refractivity contribution in [2.24, 2.45) is 5.73 Å². The van der Waals surface area contributed by atoms with Gasteiger partial charge in [-0.2, -0.15) is 0 Å². The second-order valence-electron chi connectivity index (χ2n) is 6.18. The predicted molar refractivity (Wildman–Crippen MR) is 107 cm³/mol. The quantitative estimate of drug-likeness (QED) is 0.789. The van der Waals surface area contributed by atoms with E-state index in [0.29, 0.717) is 6.54 Å². The van der Waals surface area contributed by atoms with Gasteiger partial charge in [0.25, 0.3) is 5.91 Å². The highest BCUT2D eigenvalue weighted by atomic mass is 35.5. The van der Waals surface area contributed by atoms with Gasteiger partial charge >= 0.3 is 0 Å². The Hall–Kier alpha value is -1.49. The number of hydrogen-bond acceptors (Lipinski definition) is 3. The molecule has 0 aromatic heterocycles. The Morgan fingerprint density at radius 3 is 2.48 bits per heavy atom. The largest absolute Gasteiger partial charge is 0.334 e. The fourth-order valence-electron chi connectivity index (χ4n) is 3.11. The molecule has 1 aliphatic rings. The molecular formula is C20H25ClN2OS. The summed E-state index contributed by atoms with van der Waals surface area (Å²) in [5.74, 6) is 1.03. The van der Waals surface area contributed by atoms with Crippen LogP contribution in [0, 0.1) is 0 Å². The molecule has 134 valence electrons. The van der Waals surface area contributed by atoms with E-state index in [9.17, 15) is 4.79 Å². The molecule has 0 aliphatic carbocycles. The van der Waals surface area contributed by atoms with Gasteiger partial charge in [0.2, 0.25) is 0 Å². The van der Waals surface area contributed by atoms with Crippen LogP contribution in [0.5, 0.6) is 0 Å². The Labute approximate surface area is 160 Å². The molecule has 0 spiro atoms. The average Bonchev–Trinajstić information content (AvgIpc) is 2.67.